The Morgan fingerprint density at radius 2 is 2.20 bits per heavy atom. The van der Waals surface area contributed by atoms with Gasteiger partial charge in [0.1, 0.15) is 5.41 Å². The van der Waals surface area contributed by atoms with Crippen molar-refractivity contribution in [2.75, 3.05) is 19.8 Å². The van der Waals surface area contributed by atoms with Crippen LogP contribution in [-0.4, -0.2) is 48.1 Å². The Balaban J connectivity index is 2.58. The monoisotopic (exact) mass is 218 g/mol. The zero-order valence-electron chi connectivity index (χ0n) is 8.43. The van der Waals surface area contributed by atoms with Gasteiger partial charge < -0.3 is 19.7 Å². The van der Waals surface area contributed by atoms with Crippen LogP contribution in [0.1, 0.15) is 13.3 Å². The van der Waals surface area contributed by atoms with Gasteiger partial charge in [0.2, 0.25) is 6.10 Å². The topological polar surface area (TPSA) is 93.1 Å². The predicted octanol–water partition coefficient (Wildman–Crippen LogP) is -1.16. The van der Waals surface area contributed by atoms with Crippen molar-refractivity contribution in [3.05, 3.63) is 0 Å². The minimum absolute atomic E-state index is 0.228. The first-order valence-electron chi connectivity index (χ1n) is 4.63. The Kier molecular flexibility index (Phi) is 3.65. The van der Waals surface area contributed by atoms with Gasteiger partial charge in [0.05, 0.1) is 19.8 Å². The second-order valence-corrected chi connectivity index (χ2v) is 3.73. The number of carbonyl (C=O) groups excluding carboxylic acids is 2. The molecule has 1 aliphatic rings. The van der Waals surface area contributed by atoms with Crippen LogP contribution in [0.3, 0.4) is 0 Å². The maximum absolute atomic E-state index is 11.5. The summed E-state index contributed by atoms with van der Waals surface area (Å²) in [6.45, 7) is 0.509. The highest BCUT2D eigenvalue weighted by Crippen LogP contribution is 2.20. The number of rotatable bonds is 4. The number of aliphatic hydroxyl groups excluding tert-OH is 2. The smallest absolute Gasteiger partial charge is 0.347 e. The van der Waals surface area contributed by atoms with Gasteiger partial charge >= 0.3 is 11.9 Å². The SMILES string of the molecule is CC(CO)(CO)C(=O)OC1CCOC1=O. The summed E-state index contributed by atoms with van der Waals surface area (Å²) in [4.78, 5) is 22.5. The van der Waals surface area contributed by atoms with Crippen molar-refractivity contribution in [3.63, 3.8) is 0 Å². The molecule has 0 bridgehead atoms. The van der Waals surface area contributed by atoms with E-state index in [1.165, 1.54) is 6.92 Å². The maximum atomic E-state index is 11.5. The van der Waals surface area contributed by atoms with Crippen molar-refractivity contribution in [2.24, 2.45) is 5.41 Å². The van der Waals surface area contributed by atoms with Crippen molar-refractivity contribution in [2.45, 2.75) is 19.4 Å². The molecular weight excluding hydrogens is 204 g/mol. The van der Waals surface area contributed by atoms with E-state index < -0.39 is 36.7 Å². The minimum Gasteiger partial charge on any atom is -0.463 e. The van der Waals surface area contributed by atoms with E-state index in [0.717, 1.165) is 0 Å². The average molecular weight is 218 g/mol. The third-order valence-electron chi connectivity index (χ3n) is 2.33. The Hall–Kier alpha value is -1.14. The van der Waals surface area contributed by atoms with Crippen molar-refractivity contribution < 1.29 is 29.3 Å². The number of hydrogen-bond donors (Lipinski definition) is 2. The molecule has 0 amide bonds. The largest absolute Gasteiger partial charge is 0.463 e. The van der Waals surface area contributed by atoms with E-state index in [1.807, 2.05) is 0 Å². The number of hydrogen-bond acceptors (Lipinski definition) is 6. The van der Waals surface area contributed by atoms with Crippen LogP contribution in [0, 0.1) is 5.41 Å². The molecule has 6 nitrogen and oxygen atoms in total. The third kappa shape index (κ3) is 2.45. The summed E-state index contributed by atoms with van der Waals surface area (Å²) in [7, 11) is 0. The molecule has 0 aromatic carbocycles. The quantitative estimate of drug-likeness (QED) is 0.578. The molecule has 1 heterocycles. The summed E-state index contributed by atoms with van der Waals surface area (Å²) in [5.41, 5.74) is -1.37. The van der Waals surface area contributed by atoms with Crippen LogP contribution < -0.4 is 0 Å². The molecule has 1 unspecified atom stereocenters. The number of carbonyl (C=O) groups is 2. The standard InChI is InChI=1S/C9H14O6/c1-9(4-10,5-11)8(13)15-6-2-3-14-7(6)12/h6,10-11H,2-5H2,1H3. The molecule has 2 N–H and O–H groups in total. The van der Waals surface area contributed by atoms with Crippen molar-refractivity contribution in [3.8, 4) is 0 Å². The molecule has 0 radical (unpaired) electrons. The second kappa shape index (κ2) is 4.59. The molecule has 15 heavy (non-hydrogen) atoms. The zero-order valence-corrected chi connectivity index (χ0v) is 8.43. The fourth-order valence-electron chi connectivity index (χ4n) is 1.03. The van der Waals surface area contributed by atoms with Gasteiger partial charge in [0, 0.05) is 6.42 Å². The van der Waals surface area contributed by atoms with Crippen molar-refractivity contribution in [1.29, 1.82) is 0 Å². The molecule has 0 aliphatic carbocycles. The number of esters is 2. The van der Waals surface area contributed by atoms with E-state index in [-0.39, 0.29) is 6.61 Å². The highest BCUT2D eigenvalue weighted by Gasteiger charge is 2.38. The van der Waals surface area contributed by atoms with E-state index in [9.17, 15) is 9.59 Å². The van der Waals surface area contributed by atoms with Gasteiger partial charge in [-0.1, -0.05) is 0 Å². The highest BCUT2D eigenvalue weighted by atomic mass is 16.6. The Labute approximate surface area is 86.8 Å². The van der Waals surface area contributed by atoms with Crippen LogP contribution in [0.5, 0.6) is 0 Å². The first-order chi connectivity index (χ1) is 7.03. The molecular formula is C9H14O6. The normalized spacial score (nSPS) is 21.3. The molecule has 1 atom stereocenters. The first-order valence-corrected chi connectivity index (χ1v) is 4.63. The van der Waals surface area contributed by atoms with Crippen molar-refractivity contribution >= 4 is 11.9 Å². The molecule has 86 valence electrons. The van der Waals surface area contributed by atoms with Gasteiger partial charge in [-0.2, -0.15) is 0 Å². The summed E-state index contributed by atoms with van der Waals surface area (Å²) in [6, 6.07) is 0. The van der Waals surface area contributed by atoms with Crippen LogP contribution in [0.25, 0.3) is 0 Å². The van der Waals surface area contributed by atoms with Gasteiger partial charge in [-0.3, -0.25) is 4.79 Å². The first kappa shape index (κ1) is 11.9. The lowest BCUT2D eigenvalue weighted by atomic mass is 9.93. The van der Waals surface area contributed by atoms with Crippen LogP contribution in [0.4, 0.5) is 0 Å². The molecule has 0 spiro atoms. The fraction of sp³-hybridized carbons (Fsp3) is 0.778. The van der Waals surface area contributed by atoms with Gasteiger partial charge in [0.25, 0.3) is 0 Å². The Bertz CT molecular complexity index is 257. The van der Waals surface area contributed by atoms with Gasteiger partial charge in [-0.15, -0.1) is 0 Å². The van der Waals surface area contributed by atoms with Gasteiger partial charge in [-0.25, -0.2) is 4.79 Å². The predicted molar refractivity (Wildman–Crippen MR) is 47.7 cm³/mol. The lowest BCUT2D eigenvalue weighted by Crippen LogP contribution is -2.39. The average Bonchev–Trinajstić information content (AvgIpc) is 2.63. The van der Waals surface area contributed by atoms with Gasteiger partial charge in [0.15, 0.2) is 0 Å². The van der Waals surface area contributed by atoms with Crippen LogP contribution in [0.2, 0.25) is 0 Å². The van der Waals surface area contributed by atoms with E-state index in [1.54, 1.807) is 0 Å². The summed E-state index contributed by atoms with van der Waals surface area (Å²) in [6.07, 6.45) is -0.591. The Morgan fingerprint density at radius 3 is 2.60 bits per heavy atom. The lowest BCUT2D eigenvalue weighted by Gasteiger charge is -2.23. The highest BCUT2D eigenvalue weighted by molar-refractivity contribution is 5.83. The lowest BCUT2D eigenvalue weighted by molar-refractivity contribution is -0.171. The van der Waals surface area contributed by atoms with Crippen LogP contribution in [-0.2, 0) is 19.1 Å². The van der Waals surface area contributed by atoms with E-state index in [2.05, 4.69) is 4.74 Å². The summed E-state index contributed by atoms with van der Waals surface area (Å²) in [5.74, 6) is -1.38. The van der Waals surface area contributed by atoms with E-state index in [0.29, 0.717) is 6.42 Å². The maximum Gasteiger partial charge on any atom is 0.347 e. The molecule has 0 saturated carbocycles. The molecule has 0 aromatic rings. The second-order valence-electron chi connectivity index (χ2n) is 3.73. The van der Waals surface area contributed by atoms with Crippen LogP contribution in [0.15, 0.2) is 0 Å². The summed E-state index contributed by atoms with van der Waals surface area (Å²) >= 11 is 0. The molecule has 1 aliphatic heterocycles. The molecule has 1 rings (SSSR count). The number of ether oxygens (including phenoxy) is 2. The number of cyclic esters (lactones) is 1. The van der Waals surface area contributed by atoms with E-state index in [4.69, 9.17) is 14.9 Å². The minimum atomic E-state index is -1.37. The molecule has 1 saturated heterocycles. The summed E-state index contributed by atoms with van der Waals surface area (Å²) < 4.78 is 9.44. The summed E-state index contributed by atoms with van der Waals surface area (Å²) in [5, 5.41) is 17.8. The molecule has 6 heteroatoms. The zero-order chi connectivity index (χ0) is 11.5. The Morgan fingerprint density at radius 1 is 1.60 bits per heavy atom. The molecule has 0 aromatic heterocycles. The fourth-order valence-corrected chi connectivity index (χ4v) is 1.03. The molecule has 1 fully saturated rings. The van der Waals surface area contributed by atoms with Crippen molar-refractivity contribution in [1.82, 2.24) is 0 Å². The van der Waals surface area contributed by atoms with E-state index >= 15 is 0 Å². The van der Waals surface area contributed by atoms with Crippen LogP contribution >= 0.6 is 0 Å². The van der Waals surface area contributed by atoms with Gasteiger partial charge in [-0.05, 0) is 6.92 Å². The third-order valence-corrected chi connectivity index (χ3v) is 2.33. The number of aliphatic hydroxyl groups is 2.